The first-order valence-electron chi connectivity index (χ1n) is 7.75. The number of aromatic nitrogens is 5. The lowest BCUT2D eigenvalue weighted by molar-refractivity contribution is 0.229. The molecule has 2 aromatic heterocycles. The minimum absolute atomic E-state index is 0.132. The third-order valence-electron chi connectivity index (χ3n) is 3.32. The minimum atomic E-state index is -3.65. The number of fused-ring (bicyclic) bond motifs is 1. The summed E-state index contributed by atoms with van der Waals surface area (Å²) in [5.74, 6) is 0.325. The van der Waals surface area contributed by atoms with E-state index in [9.17, 15) is 4.57 Å². The summed E-state index contributed by atoms with van der Waals surface area (Å²) in [5, 5.41) is 13.2. The molecule has 0 atom stereocenters. The van der Waals surface area contributed by atoms with Crippen LogP contribution < -0.4 is 5.44 Å². The predicted octanol–water partition coefficient (Wildman–Crippen LogP) is 2.80. The minimum Gasteiger partial charge on any atom is -0.304 e. The lowest BCUT2D eigenvalue weighted by Crippen LogP contribution is -2.22. The van der Waals surface area contributed by atoms with Crippen LogP contribution in [0.1, 0.15) is 13.8 Å². The third kappa shape index (κ3) is 3.46. The van der Waals surface area contributed by atoms with Crippen molar-refractivity contribution in [3.8, 4) is 11.3 Å². The first-order valence-corrected chi connectivity index (χ1v) is 10.5. The lowest BCUT2D eigenvalue weighted by Gasteiger charge is -2.18. The monoisotopic (exact) mass is 379 g/mol. The van der Waals surface area contributed by atoms with Crippen molar-refractivity contribution in [3.63, 3.8) is 0 Å². The molecule has 0 radical (unpaired) electrons. The molecule has 0 unspecified atom stereocenters. The number of thioether (sulfide) groups is 1. The van der Waals surface area contributed by atoms with Gasteiger partial charge in [0.1, 0.15) is 5.69 Å². The molecule has 3 aromatic rings. The topological polar surface area (TPSA) is 91.5 Å². The Kier molecular flexibility index (Phi) is 5.48. The molecule has 0 fully saturated rings. The fourth-order valence-corrected chi connectivity index (χ4v) is 4.32. The zero-order valence-electron chi connectivity index (χ0n) is 14.1. The standard InChI is InChI=1S/C15H18N5O3PS/c1-4-22-24(21,23-5-2)13-12(11-9-7-6-8-10-11)20-14(18-17-13)16-15(19-20)25-3/h6-10H,4-5H2,1-3H3. The largest absolute Gasteiger partial charge is 0.383 e. The van der Waals surface area contributed by atoms with Crippen molar-refractivity contribution in [1.82, 2.24) is 24.8 Å². The molecule has 3 rings (SSSR count). The fraction of sp³-hybridized carbons (Fsp3) is 0.333. The highest BCUT2D eigenvalue weighted by atomic mass is 32.2. The van der Waals surface area contributed by atoms with Crippen LogP contribution in [0.5, 0.6) is 0 Å². The maximum atomic E-state index is 13.3. The van der Waals surface area contributed by atoms with Gasteiger partial charge in [-0.3, -0.25) is 4.57 Å². The van der Waals surface area contributed by atoms with Gasteiger partial charge in [0.25, 0.3) is 5.78 Å². The van der Waals surface area contributed by atoms with Crippen molar-refractivity contribution in [2.45, 2.75) is 19.0 Å². The van der Waals surface area contributed by atoms with E-state index in [2.05, 4.69) is 20.3 Å². The Bertz CT molecular complexity index is 908. The number of hydrogen-bond donors (Lipinski definition) is 0. The van der Waals surface area contributed by atoms with Gasteiger partial charge in [0, 0.05) is 5.56 Å². The molecule has 0 saturated carbocycles. The SMILES string of the molecule is CCOP(=O)(OCC)c1nnc2nc(SC)nn2c1-c1ccccc1. The molecule has 10 heteroatoms. The second-order valence-electron chi connectivity index (χ2n) is 4.88. The number of hydrogen-bond acceptors (Lipinski definition) is 8. The molecule has 0 amide bonds. The van der Waals surface area contributed by atoms with Crippen molar-refractivity contribution in [2.75, 3.05) is 19.5 Å². The van der Waals surface area contributed by atoms with Gasteiger partial charge >= 0.3 is 7.60 Å². The zero-order valence-corrected chi connectivity index (χ0v) is 15.8. The van der Waals surface area contributed by atoms with E-state index < -0.39 is 7.60 Å². The Morgan fingerprint density at radius 3 is 2.40 bits per heavy atom. The maximum absolute atomic E-state index is 13.3. The smallest absolute Gasteiger partial charge is 0.304 e. The average molecular weight is 379 g/mol. The first kappa shape index (κ1) is 18.0. The molecule has 0 aliphatic rings. The zero-order chi connectivity index (χ0) is 17.9. The van der Waals surface area contributed by atoms with Gasteiger partial charge in [-0.15, -0.1) is 15.3 Å². The van der Waals surface area contributed by atoms with Crippen LogP contribution in [0, 0.1) is 0 Å². The van der Waals surface area contributed by atoms with Crippen LogP contribution >= 0.6 is 19.4 Å². The van der Waals surface area contributed by atoms with E-state index >= 15 is 0 Å². The maximum Gasteiger partial charge on any atom is 0.383 e. The van der Waals surface area contributed by atoms with Crippen LogP contribution in [-0.2, 0) is 13.6 Å². The van der Waals surface area contributed by atoms with E-state index in [-0.39, 0.29) is 18.6 Å². The Balaban J connectivity index is 2.33. The number of nitrogens with zero attached hydrogens (tertiary/aromatic N) is 5. The number of benzene rings is 1. The molecule has 8 nitrogen and oxygen atoms in total. The molecular weight excluding hydrogens is 361 g/mol. The van der Waals surface area contributed by atoms with Crippen molar-refractivity contribution in [3.05, 3.63) is 30.3 Å². The Morgan fingerprint density at radius 2 is 1.80 bits per heavy atom. The van der Waals surface area contributed by atoms with Gasteiger partial charge < -0.3 is 9.05 Å². The summed E-state index contributed by atoms with van der Waals surface area (Å²) in [6.45, 7) is 3.94. The van der Waals surface area contributed by atoms with Crippen LogP contribution in [-0.4, -0.2) is 44.3 Å². The Morgan fingerprint density at radius 1 is 1.12 bits per heavy atom. The van der Waals surface area contributed by atoms with Gasteiger partial charge in [-0.05, 0) is 20.1 Å². The molecule has 0 spiro atoms. The van der Waals surface area contributed by atoms with Gasteiger partial charge in [0.15, 0.2) is 0 Å². The van der Waals surface area contributed by atoms with Crippen molar-refractivity contribution in [2.24, 2.45) is 0 Å². The van der Waals surface area contributed by atoms with Crippen molar-refractivity contribution in [1.29, 1.82) is 0 Å². The molecule has 0 N–H and O–H groups in total. The molecule has 0 bridgehead atoms. The molecule has 25 heavy (non-hydrogen) atoms. The van der Waals surface area contributed by atoms with E-state index in [1.165, 1.54) is 16.3 Å². The predicted molar refractivity (Wildman–Crippen MR) is 96.3 cm³/mol. The van der Waals surface area contributed by atoms with E-state index in [1.807, 2.05) is 36.6 Å². The normalized spacial score (nSPS) is 12.0. The van der Waals surface area contributed by atoms with Crippen LogP contribution in [0.25, 0.3) is 17.0 Å². The molecule has 1 aromatic carbocycles. The summed E-state index contributed by atoms with van der Waals surface area (Å²) in [7, 11) is -3.65. The van der Waals surface area contributed by atoms with Crippen LogP contribution in [0.3, 0.4) is 0 Å². The summed E-state index contributed by atoms with van der Waals surface area (Å²) in [6.07, 6.45) is 1.87. The molecular formula is C15H18N5O3PS. The fourth-order valence-electron chi connectivity index (χ4n) is 2.35. The third-order valence-corrected chi connectivity index (χ3v) is 5.87. The van der Waals surface area contributed by atoms with E-state index in [4.69, 9.17) is 9.05 Å². The van der Waals surface area contributed by atoms with Crippen LogP contribution in [0.4, 0.5) is 0 Å². The summed E-state index contributed by atoms with van der Waals surface area (Å²) in [6, 6.07) is 9.41. The van der Waals surface area contributed by atoms with Crippen molar-refractivity contribution >= 4 is 30.6 Å². The van der Waals surface area contributed by atoms with E-state index in [1.54, 1.807) is 13.8 Å². The molecule has 0 aliphatic heterocycles. The van der Waals surface area contributed by atoms with Crippen molar-refractivity contribution < 1.29 is 13.6 Å². The quantitative estimate of drug-likeness (QED) is 0.457. The van der Waals surface area contributed by atoms with Gasteiger partial charge in [-0.2, -0.15) is 9.50 Å². The molecule has 2 heterocycles. The van der Waals surface area contributed by atoms with Crippen LogP contribution in [0.2, 0.25) is 0 Å². The molecule has 132 valence electrons. The van der Waals surface area contributed by atoms with Gasteiger partial charge in [-0.25, -0.2) is 0 Å². The average Bonchev–Trinajstić information content (AvgIpc) is 3.05. The van der Waals surface area contributed by atoms with Gasteiger partial charge in [0.2, 0.25) is 10.6 Å². The van der Waals surface area contributed by atoms with Gasteiger partial charge in [-0.1, -0.05) is 42.1 Å². The summed E-state index contributed by atoms with van der Waals surface area (Å²) >= 11 is 1.39. The van der Waals surface area contributed by atoms with E-state index in [0.717, 1.165) is 5.56 Å². The summed E-state index contributed by atoms with van der Waals surface area (Å²) < 4.78 is 25.8. The molecule has 0 aliphatic carbocycles. The molecule has 0 saturated heterocycles. The number of rotatable bonds is 7. The summed E-state index contributed by atoms with van der Waals surface area (Å²) in [4.78, 5) is 4.30. The highest BCUT2D eigenvalue weighted by Crippen LogP contribution is 2.48. The second-order valence-corrected chi connectivity index (χ2v) is 7.59. The highest BCUT2D eigenvalue weighted by molar-refractivity contribution is 7.98. The van der Waals surface area contributed by atoms with E-state index in [0.29, 0.717) is 16.6 Å². The Labute approximate surface area is 149 Å². The second kappa shape index (κ2) is 7.61. The first-order chi connectivity index (χ1) is 12.1. The Hall–Kier alpha value is -1.80. The lowest BCUT2D eigenvalue weighted by atomic mass is 10.2. The summed E-state index contributed by atoms with van der Waals surface area (Å²) in [5.41, 5.74) is 1.41. The van der Waals surface area contributed by atoms with Crippen LogP contribution in [0.15, 0.2) is 35.5 Å². The highest BCUT2D eigenvalue weighted by Gasteiger charge is 2.35. The van der Waals surface area contributed by atoms with Gasteiger partial charge in [0.05, 0.1) is 13.2 Å².